The monoisotopic (exact) mass is 305 g/mol. The predicted molar refractivity (Wildman–Crippen MR) is 87.5 cm³/mol. The topological polar surface area (TPSA) is 12.5 Å². The van der Waals surface area contributed by atoms with Gasteiger partial charge in [-0.3, -0.25) is 4.90 Å². The molecule has 2 fully saturated rings. The number of hydrogen-bond donors (Lipinski definition) is 0. The van der Waals surface area contributed by atoms with Crippen LogP contribution in [0.4, 0.5) is 4.39 Å². The van der Waals surface area contributed by atoms with Gasteiger partial charge in [-0.25, -0.2) is 4.39 Å². The van der Waals surface area contributed by atoms with Crippen LogP contribution in [0, 0.1) is 5.82 Å². The van der Waals surface area contributed by atoms with Crippen molar-refractivity contribution in [2.45, 2.75) is 69.6 Å². The van der Waals surface area contributed by atoms with Crippen molar-refractivity contribution >= 4 is 0 Å². The van der Waals surface area contributed by atoms with E-state index in [-0.39, 0.29) is 5.82 Å². The second-order valence-corrected chi connectivity index (χ2v) is 6.84. The Kier molecular flexibility index (Phi) is 5.48. The molecular weight excluding hydrogens is 277 g/mol. The van der Waals surface area contributed by atoms with Gasteiger partial charge in [0.1, 0.15) is 5.82 Å². The average Bonchev–Trinajstić information content (AvgIpc) is 2.58. The number of rotatable bonds is 4. The molecule has 0 unspecified atom stereocenters. The Balaban J connectivity index is 1.75. The van der Waals surface area contributed by atoms with E-state index in [2.05, 4.69) is 4.90 Å². The fourth-order valence-electron chi connectivity index (χ4n) is 4.30. The highest BCUT2D eigenvalue weighted by Gasteiger charge is 2.35. The van der Waals surface area contributed by atoms with Gasteiger partial charge >= 0.3 is 0 Å². The van der Waals surface area contributed by atoms with Crippen LogP contribution >= 0.6 is 0 Å². The Morgan fingerprint density at radius 1 is 1.05 bits per heavy atom. The zero-order valence-corrected chi connectivity index (χ0v) is 13.6. The number of halogens is 1. The Hall–Kier alpha value is -0.930. The molecule has 3 heteroatoms. The summed E-state index contributed by atoms with van der Waals surface area (Å²) in [5.74, 6) is -0.153. The standard InChI is InChI=1S/C19H28FNO/c1-22-19-8-5-13-21(17-6-3-2-4-7-17)18(19)14-15-9-11-16(20)12-10-15/h9-12,17-19H,2-8,13-14H2,1H3/t18-,19-/m0/s1. The normalized spacial score (nSPS) is 27.9. The minimum absolute atomic E-state index is 0.153. The summed E-state index contributed by atoms with van der Waals surface area (Å²) in [6, 6.07) is 8.16. The first-order valence-corrected chi connectivity index (χ1v) is 8.81. The quantitative estimate of drug-likeness (QED) is 0.827. The summed E-state index contributed by atoms with van der Waals surface area (Å²) in [4.78, 5) is 2.71. The van der Waals surface area contributed by atoms with Crippen LogP contribution in [-0.4, -0.2) is 36.7 Å². The van der Waals surface area contributed by atoms with E-state index in [0.717, 1.165) is 18.9 Å². The number of likely N-dealkylation sites (tertiary alicyclic amines) is 1. The number of ether oxygens (including phenoxy) is 1. The molecule has 0 amide bonds. The van der Waals surface area contributed by atoms with E-state index in [1.165, 1.54) is 50.6 Å². The highest BCUT2D eigenvalue weighted by atomic mass is 19.1. The van der Waals surface area contributed by atoms with Gasteiger partial charge < -0.3 is 4.74 Å². The van der Waals surface area contributed by atoms with Crippen molar-refractivity contribution in [2.75, 3.05) is 13.7 Å². The molecule has 1 aliphatic heterocycles. The summed E-state index contributed by atoms with van der Waals surface area (Å²) >= 11 is 0. The zero-order valence-electron chi connectivity index (χ0n) is 13.6. The van der Waals surface area contributed by atoms with Crippen molar-refractivity contribution in [2.24, 2.45) is 0 Å². The summed E-state index contributed by atoms with van der Waals surface area (Å²) in [7, 11) is 1.84. The van der Waals surface area contributed by atoms with Gasteiger partial charge in [0.2, 0.25) is 0 Å². The third-order valence-corrected chi connectivity index (χ3v) is 5.46. The van der Waals surface area contributed by atoms with E-state index in [1.807, 2.05) is 19.2 Å². The van der Waals surface area contributed by atoms with Crippen molar-refractivity contribution in [3.8, 4) is 0 Å². The first kappa shape index (κ1) is 15.9. The molecule has 0 bridgehead atoms. The van der Waals surface area contributed by atoms with Gasteiger partial charge in [0.05, 0.1) is 6.10 Å². The van der Waals surface area contributed by atoms with Gasteiger partial charge in [0, 0.05) is 19.2 Å². The summed E-state index contributed by atoms with van der Waals surface area (Å²) in [5.41, 5.74) is 1.22. The molecule has 0 radical (unpaired) electrons. The first-order chi connectivity index (χ1) is 10.8. The van der Waals surface area contributed by atoms with Crippen molar-refractivity contribution in [3.63, 3.8) is 0 Å². The number of hydrogen-bond acceptors (Lipinski definition) is 2. The molecule has 1 heterocycles. The summed E-state index contributed by atoms with van der Waals surface area (Å²) in [6.07, 6.45) is 10.4. The first-order valence-electron chi connectivity index (χ1n) is 8.81. The lowest BCUT2D eigenvalue weighted by Gasteiger charge is -2.46. The summed E-state index contributed by atoms with van der Waals surface area (Å²) in [5, 5.41) is 0. The van der Waals surface area contributed by atoms with Crippen LogP contribution in [0.2, 0.25) is 0 Å². The van der Waals surface area contributed by atoms with Crippen molar-refractivity contribution in [1.82, 2.24) is 4.90 Å². The fraction of sp³-hybridized carbons (Fsp3) is 0.684. The molecule has 2 aliphatic rings. The third-order valence-electron chi connectivity index (χ3n) is 5.46. The van der Waals surface area contributed by atoms with Crippen LogP contribution < -0.4 is 0 Å². The third kappa shape index (κ3) is 3.69. The van der Waals surface area contributed by atoms with E-state index in [9.17, 15) is 4.39 Å². The molecule has 0 N–H and O–H groups in total. The maximum absolute atomic E-state index is 13.1. The molecule has 2 nitrogen and oxygen atoms in total. The minimum atomic E-state index is -0.153. The maximum atomic E-state index is 13.1. The van der Waals surface area contributed by atoms with Gasteiger partial charge in [0.25, 0.3) is 0 Å². The molecular formula is C19H28FNO. The highest BCUT2D eigenvalue weighted by Crippen LogP contribution is 2.31. The van der Waals surface area contributed by atoms with E-state index >= 15 is 0 Å². The van der Waals surface area contributed by atoms with Crippen LogP contribution in [0.5, 0.6) is 0 Å². The van der Waals surface area contributed by atoms with Gasteiger partial charge in [-0.05, 0) is 56.3 Å². The Labute approximate surface area is 133 Å². The summed E-state index contributed by atoms with van der Waals surface area (Å²) < 4.78 is 18.9. The highest BCUT2D eigenvalue weighted by molar-refractivity contribution is 5.18. The Bertz CT molecular complexity index is 455. The largest absolute Gasteiger partial charge is 0.380 e. The van der Waals surface area contributed by atoms with E-state index in [4.69, 9.17) is 4.74 Å². The van der Waals surface area contributed by atoms with Gasteiger partial charge in [-0.15, -0.1) is 0 Å². The number of piperidine rings is 1. The number of benzene rings is 1. The molecule has 1 aromatic carbocycles. The average molecular weight is 305 g/mol. The Morgan fingerprint density at radius 2 is 1.77 bits per heavy atom. The molecule has 122 valence electrons. The van der Waals surface area contributed by atoms with E-state index in [0.29, 0.717) is 12.1 Å². The Morgan fingerprint density at radius 3 is 2.45 bits per heavy atom. The molecule has 1 saturated heterocycles. The predicted octanol–water partition coefficient (Wildman–Crippen LogP) is 4.18. The summed E-state index contributed by atoms with van der Waals surface area (Å²) in [6.45, 7) is 1.19. The molecule has 3 rings (SSSR count). The van der Waals surface area contributed by atoms with Crippen LogP contribution in [0.3, 0.4) is 0 Å². The van der Waals surface area contributed by atoms with Crippen LogP contribution in [0.1, 0.15) is 50.5 Å². The molecule has 1 aromatic rings. The van der Waals surface area contributed by atoms with Gasteiger partial charge in [0.15, 0.2) is 0 Å². The lowest BCUT2D eigenvalue weighted by molar-refractivity contribution is -0.0422. The number of methoxy groups -OCH3 is 1. The second kappa shape index (κ2) is 7.56. The van der Waals surface area contributed by atoms with E-state index in [1.54, 1.807) is 12.1 Å². The van der Waals surface area contributed by atoms with E-state index < -0.39 is 0 Å². The lowest BCUT2D eigenvalue weighted by atomic mass is 9.87. The minimum Gasteiger partial charge on any atom is -0.380 e. The molecule has 22 heavy (non-hydrogen) atoms. The van der Waals surface area contributed by atoms with Crippen molar-refractivity contribution in [1.29, 1.82) is 0 Å². The van der Waals surface area contributed by atoms with Crippen LogP contribution in [-0.2, 0) is 11.2 Å². The van der Waals surface area contributed by atoms with Gasteiger partial charge in [-0.1, -0.05) is 31.4 Å². The van der Waals surface area contributed by atoms with Crippen LogP contribution in [0.15, 0.2) is 24.3 Å². The lowest BCUT2D eigenvalue weighted by Crippen LogP contribution is -2.54. The molecule has 0 aromatic heterocycles. The second-order valence-electron chi connectivity index (χ2n) is 6.84. The molecule has 1 aliphatic carbocycles. The molecule has 2 atom stereocenters. The van der Waals surface area contributed by atoms with Crippen LogP contribution in [0.25, 0.3) is 0 Å². The zero-order chi connectivity index (χ0) is 15.4. The number of nitrogens with zero attached hydrogens (tertiary/aromatic N) is 1. The van der Waals surface area contributed by atoms with Crippen molar-refractivity contribution in [3.05, 3.63) is 35.6 Å². The van der Waals surface area contributed by atoms with Gasteiger partial charge in [-0.2, -0.15) is 0 Å². The SMILES string of the molecule is CO[C@H]1CCCN(C2CCCCC2)[C@H]1Cc1ccc(F)cc1. The smallest absolute Gasteiger partial charge is 0.123 e. The molecule has 0 spiro atoms. The maximum Gasteiger partial charge on any atom is 0.123 e. The van der Waals surface area contributed by atoms with Crippen molar-refractivity contribution < 1.29 is 9.13 Å². The fourth-order valence-corrected chi connectivity index (χ4v) is 4.30. The molecule has 1 saturated carbocycles.